The van der Waals surface area contributed by atoms with Crippen LogP contribution in [0, 0.1) is 5.92 Å². The SMILES string of the molecule is CC(C)Cc1sc(Nc2ncc(-c3cccs3)cc2C(=O)O)nc1-c1ccc(O)cc1. The molecule has 0 saturated carbocycles. The summed E-state index contributed by atoms with van der Waals surface area (Å²) in [6, 6.07) is 12.4. The molecule has 31 heavy (non-hydrogen) atoms. The molecule has 6 nitrogen and oxygen atoms in total. The van der Waals surface area contributed by atoms with Crippen LogP contribution < -0.4 is 5.32 Å². The van der Waals surface area contributed by atoms with Crippen molar-refractivity contribution in [1.82, 2.24) is 9.97 Å². The van der Waals surface area contributed by atoms with Crippen molar-refractivity contribution in [1.29, 1.82) is 0 Å². The van der Waals surface area contributed by atoms with E-state index in [1.807, 2.05) is 29.6 Å². The summed E-state index contributed by atoms with van der Waals surface area (Å²) in [5, 5.41) is 25.0. The number of carboxylic acids is 1. The average Bonchev–Trinajstić information content (AvgIpc) is 3.39. The van der Waals surface area contributed by atoms with Gasteiger partial charge in [0.2, 0.25) is 0 Å². The molecule has 0 radical (unpaired) electrons. The molecule has 0 spiro atoms. The molecular weight excluding hydrogens is 430 g/mol. The van der Waals surface area contributed by atoms with E-state index in [0.717, 1.165) is 33.0 Å². The van der Waals surface area contributed by atoms with Gasteiger partial charge in [0.25, 0.3) is 0 Å². The molecular formula is C23H21N3O3S2. The third kappa shape index (κ3) is 4.76. The quantitative estimate of drug-likeness (QED) is 0.306. The average molecular weight is 452 g/mol. The number of rotatable bonds is 7. The van der Waals surface area contributed by atoms with Gasteiger partial charge in [0, 0.05) is 27.1 Å². The summed E-state index contributed by atoms with van der Waals surface area (Å²) in [5.41, 5.74) is 2.59. The topological polar surface area (TPSA) is 95.3 Å². The molecule has 0 atom stereocenters. The maximum atomic E-state index is 11.9. The summed E-state index contributed by atoms with van der Waals surface area (Å²) >= 11 is 3.02. The molecule has 3 N–H and O–H groups in total. The lowest BCUT2D eigenvalue weighted by Gasteiger charge is -2.07. The van der Waals surface area contributed by atoms with Gasteiger partial charge >= 0.3 is 5.97 Å². The minimum Gasteiger partial charge on any atom is -0.508 e. The van der Waals surface area contributed by atoms with Crippen LogP contribution in [0.25, 0.3) is 21.7 Å². The monoisotopic (exact) mass is 451 g/mol. The van der Waals surface area contributed by atoms with Gasteiger partial charge in [0.1, 0.15) is 17.1 Å². The van der Waals surface area contributed by atoms with Crippen LogP contribution in [0.2, 0.25) is 0 Å². The Morgan fingerprint density at radius 3 is 2.58 bits per heavy atom. The first-order chi connectivity index (χ1) is 14.9. The molecule has 0 unspecified atom stereocenters. The van der Waals surface area contributed by atoms with Gasteiger partial charge in [0.05, 0.1) is 5.69 Å². The fraction of sp³-hybridized carbons (Fsp3) is 0.174. The van der Waals surface area contributed by atoms with Crippen LogP contribution >= 0.6 is 22.7 Å². The standard InChI is InChI=1S/C23H21N3O3S2/c1-13(2)10-19-20(14-5-7-16(27)8-6-14)25-23(31-19)26-21-17(22(28)29)11-15(12-24-21)18-4-3-9-30-18/h3-9,11-13,27H,10H2,1-2H3,(H,28,29)(H,24,25,26). The lowest BCUT2D eigenvalue weighted by atomic mass is 10.0. The number of aromatic nitrogens is 2. The summed E-state index contributed by atoms with van der Waals surface area (Å²) in [6.45, 7) is 4.28. The van der Waals surface area contributed by atoms with Crippen LogP contribution in [0.5, 0.6) is 5.75 Å². The highest BCUT2D eigenvalue weighted by Gasteiger charge is 2.18. The molecule has 3 aromatic heterocycles. The molecule has 0 saturated heterocycles. The van der Waals surface area contributed by atoms with Gasteiger partial charge in [-0.2, -0.15) is 0 Å². The van der Waals surface area contributed by atoms with Crippen molar-refractivity contribution in [2.24, 2.45) is 5.92 Å². The summed E-state index contributed by atoms with van der Waals surface area (Å²) in [4.78, 5) is 23.1. The zero-order valence-corrected chi connectivity index (χ0v) is 18.6. The predicted molar refractivity (Wildman–Crippen MR) is 126 cm³/mol. The molecule has 0 aliphatic carbocycles. The third-order valence-corrected chi connectivity index (χ3v) is 6.49. The Kier molecular flexibility index (Phi) is 6.01. The first-order valence-electron chi connectivity index (χ1n) is 9.74. The van der Waals surface area contributed by atoms with Gasteiger partial charge in [0.15, 0.2) is 5.13 Å². The second kappa shape index (κ2) is 8.87. The molecule has 0 aliphatic heterocycles. The van der Waals surface area contributed by atoms with Crippen LogP contribution in [-0.4, -0.2) is 26.2 Å². The number of aromatic carboxylic acids is 1. The van der Waals surface area contributed by atoms with Crippen LogP contribution in [-0.2, 0) is 6.42 Å². The number of thiophene rings is 1. The maximum absolute atomic E-state index is 11.9. The lowest BCUT2D eigenvalue weighted by molar-refractivity contribution is 0.0697. The van der Waals surface area contributed by atoms with E-state index in [4.69, 9.17) is 4.98 Å². The van der Waals surface area contributed by atoms with Crippen molar-refractivity contribution < 1.29 is 15.0 Å². The molecule has 1 aromatic carbocycles. The van der Waals surface area contributed by atoms with Crippen molar-refractivity contribution in [3.05, 3.63) is 64.5 Å². The zero-order valence-electron chi connectivity index (χ0n) is 17.0. The fourth-order valence-electron chi connectivity index (χ4n) is 3.17. The van der Waals surface area contributed by atoms with E-state index in [0.29, 0.717) is 11.0 Å². The van der Waals surface area contributed by atoms with E-state index in [1.165, 1.54) is 22.7 Å². The van der Waals surface area contributed by atoms with Crippen molar-refractivity contribution in [3.63, 3.8) is 0 Å². The van der Waals surface area contributed by atoms with Gasteiger partial charge in [-0.1, -0.05) is 19.9 Å². The number of thiazole rings is 1. The van der Waals surface area contributed by atoms with Gasteiger partial charge in [-0.05, 0) is 54.1 Å². The highest BCUT2D eigenvalue weighted by Crippen LogP contribution is 2.36. The number of nitrogens with zero attached hydrogens (tertiary/aromatic N) is 2. The van der Waals surface area contributed by atoms with Crippen LogP contribution in [0.3, 0.4) is 0 Å². The normalized spacial score (nSPS) is 11.1. The maximum Gasteiger partial charge on any atom is 0.339 e. The van der Waals surface area contributed by atoms with Crippen molar-refractivity contribution in [3.8, 4) is 27.4 Å². The molecule has 4 rings (SSSR count). The lowest BCUT2D eigenvalue weighted by Crippen LogP contribution is -2.05. The van der Waals surface area contributed by atoms with E-state index >= 15 is 0 Å². The number of phenols is 1. The fourth-order valence-corrected chi connectivity index (χ4v) is 5.07. The van der Waals surface area contributed by atoms with Crippen molar-refractivity contribution >= 4 is 39.6 Å². The van der Waals surface area contributed by atoms with Crippen LogP contribution in [0.1, 0.15) is 29.1 Å². The summed E-state index contributed by atoms with van der Waals surface area (Å²) in [6.07, 6.45) is 2.51. The Hall–Kier alpha value is -3.23. The Morgan fingerprint density at radius 1 is 1.16 bits per heavy atom. The Morgan fingerprint density at radius 2 is 1.94 bits per heavy atom. The van der Waals surface area contributed by atoms with Crippen molar-refractivity contribution in [2.75, 3.05) is 5.32 Å². The van der Waals surface area contributed by atoms with Gasteiger partial charge in [-0.15, -0.1) is 22.7 Å². The molecule has 3 heterocycles. The highest BCUT2D eigenvalue weighted by atomic mass is 32.1. The predicted octanol–water partition coefficient (Wildman–Crippen LogP) is 6.28. The van der Waals surface area contributed by atoms with Gasteiger partial charge < -0.3 is 15.5 Å². The minimum atomic E-state index is -1.05. The number of hydrogen-bond acceptors (Lipinski definition) is 7. The number of aromatic hydroxyl groups is 1. The number of anilines is 2. The van der Waals surface area contributed by atoms with Gasteiger partial charge in [-0.25, -0.2) is 14.8 Å². The molecule has 0 bridgehead atoms. The Bertz CT molecular complexity index is 1200. The van der Waals surface area contributed by atoms with E-state index in [2.05, 4.69) is 24.1 Å². The number of nitrogens with one attached hydrogen (secondary N) is 1. The minimum absolute atomic E-state index is 0.0951. The second-order valence-electron chi connectivity index (χ2n) is 7.46. The molecule has 0 aliphatic rings. The first kappa shape index (κ1) is 21.0. The first-order valence-corrected chi connectivity index (χ1v) is 11.4. The summed E-state index contributed by atoms with van der Waals surface area (Å²) in [7, 11) is 0. The summed E-state index contributed by atoms with van der Waals surface area (Å²) in [5.74, 6) is -0.160. The molecule has 8 heteroatoms. The van der Waals surface area contributed by atoms with E-state index in [-0.39, 0.29) is 17.1 Å². The number of benzene rings is 1. The Balaban J connectivity index is 1.70. The van der Waals surface area contributed by atoms with Crippen LogP contribution in [0.15, 0.2) is 54.0 Å². The Labute approximate surface area is 187 Å². The second-order valence-corrected chi connectivity index (χ2v) is 9.49. The van der Waals surface area contributed by atoms with Crippen molar-refractivity contribution in [2.45, 2.75) is 20.3 Å². The zero-order chi connectivity index (χ0) is 22.0. The highest BCUT2D eigenvalue weighted by molar-refractivity contribution is 7.16. The number of phenolic OH excluding ortho intramolecular Hbond substituents is 1. The molecule has 0 amide bonds. The smallest absolute Gasteiger partial charge is 0.339 e. The molecule has 4 aromatic rings. The molecule has 0 fully saturated rings. The number of carbonyl (C=O) groups is 1. The number of pyridine rings is 1. The van der Waals surface area contributed by atoms with Gasteiger partial charge in [-0.3, -0.25) is 0 Å². The summed E-state index contributed by atoms with van der Waals surface area (Å²) < 4.78 is 0. The number of carboxylic acid groups (broad SMARTS) is 1. The third-order valence-electron chi connectivity index (χ3n) is 4.58. The largest absolute Gasteiger partial charge is 0.508 e. The van der Waals surface area contributed by atoms with Crippen LogP contribution in [0.4, 0.5) is 10.9 Å². The van der Waals surface area contributed by atoms with E-state index in [1.54, 1.807) is 24.4 Å². The molecule has 158 valence electrons. The van der Waals surface area contributed by atoms with E-state index in [9.17, 15) is 15.0 Å². The van der Waals surface area contributed by atoms with E-state index < -0.39 is 5.97 Å². The number of hydrogen-bond donors (Lipinski definition) is 3.